The predicted molar refractivity (Wildman–Crippen MR) is 96.0 cm³/mol. The summed E-state index contributed by atoms with van der Waals surface area (Å²) in [6.07, 6.45) is 2.00. The normalized spacial score (nSPS) is 22.4. The summed E-state index contributed by atoms with van der Waals surface area (Å²) in [5.74, 6) is -0.219. The topological polar surface area (TPSA) is 32.3 Å². The Morgan fingerprint density at radius 2 is 1.81 bits per heavy atom. The second kappa shape index (κ2) is 7.16. The Bertz CT molecular complexity index is 789. The van der Waals surface area contributed by atoms with Gasteiger partial charge in [0.2, 0.25) is 0 Å². The van der Waals surface area contributed by atoms with Crippen LogP contribution in [0.3, 0.4) is 0 Å². The molecule has 2 fully saturated rings. The molecule has 136 valence electrons. The lowest BCUT2D eigenvalue weighted by molar-refractivity contribution is 0.0713. The van der Waals surface area contributed by atoms with Crippen molar-refractivity contribution in [2.24, 2.45) is 5.92 Å². The maximum atomic E-state index is 13.5. The summed E-state index contributed by atoms with van der Waals surface area (Å²) in [4.78, 5) is 14.8. The minimum atomic E-state index is -0.390. The molecule has 1 N–H and O–H groups in total. The zero-order valence-corrected chi connectivity index (χ0v) is 14.5. The van der Waals surface area contributed by atoms with E-state index in [0.717, 1.165) is 31.5 Å². The van der Waals surface area contributed by atoms with Crippen LogP contribution in [0.25, 0.3) is 0 Å². The first-order chi connectivity index (χ1) is 12.6. The van der Waals surface area contributed by atoms with Gasteiger partial charge in [0.05, 0.1) is 0 Å². The minimum Gasteiger partial charge on any atom is -0.335 e. The van der Waals surface area contributed by atoms with Crippen molar-refractivity contribution < 1.29 is 13.6 Å². The average molecular weight is 356 g/mol. The molecule has 0 spiro atoms. The van der Waals surface area contributed by atoms with E-state index in [-0.39, 0.29) is 29.6 Å². The van der Waals surface area contributed by atoms with Gasteiger partial charge in [-0.05, 0) is 54.7 Å². The van der Waals surface area contributed by atoms with E-state index < -0.39 is 5.82 Å². The second-order valence-corrected chi connectivity index (χ2v) is 7.28. The zero-order chi connectivity index (χ0) is 18.1. The van der Waals surface area contributed by atoms with E-state index >= 15 is 0 Å². The Hall–Kier alpha value is -2.27. The summed E-state index contributed by atoms with van der Waals surface area (Å²) in [7, 11) is 0. The number of benzene rings is 2. The van der Waals surface area contributed by atoms with Gasteiger partial charge >= 0.3 is 0 Å². The summed E-state index contributed by atoms with van der Waals surface area (Å²) in [6, 6.07) is 12.8. The lowest BCUT2D eigenvalue weighted by atomic mass is 9.88. The number of amides is 1. The summed E-state index contributed by atoms with van der Waals surface area (Å²) in [5, 5.41) is 3.40. The van der Waals surface area contributed by atoms with Gasteiger partial charge < -0.3 is 10.2 Å². The van der Waals surface area contributed by atoms with Gasteiger partial charge in [-0.25, -0.2) is 8.78 Å². The van der Waals surface area contributed by atoms with Crippen molar-refractivity contribution in [3.05, 3.63) is 71.3 Å². The molecule has 2 atom stereocenters. The van der Waals surface area contributed by atoms with E-state index in [0.29, 0.717) is 12.1 Å². The monoisotopic (exact) mass is 356 g/mol. The van der Waals surface area contributed by atoms with Crippen molar-refractivity contribution in [2.75, 3.05) is 19.6 Å². The quantitative estimate of drug-likeness (QED) is 0.888. The van der Waals surface area contributed by atoms with Crippen LogP contribution in [0.2, 0.25) is 0 Å². The third kappa shape index (κ3) is 3.63. The van der Waals surface area contributed by atoms with Crippen LogP contribution in [0.4, 0.5) is 8.78 Å². The highest BCUT2D eigenvalue weighted by atomic mass is 19.1. The van der Waals surface area contributed by atoms with Crippen molar-refractivity contribution in [1.82, 2.24) is 10.2 Å². The van der Waals surface area contributed by atoms with E-state index in [9.17, 15) is 13.6 Å². The van der Waals surface area contributed by atoms with Crippen molar-refractivity contribution in [1.29, 1.82) is 0 Å². The van der Waals surface area contributed by atoms with Gasteiger partial charge in [-0.2, -0.15) is 0 Å². The Labute approximate surface area is 152 Å². The van der Waals surface area contributed by atoms with Crippen molar-refractivity contribution in [2.45, 2.75) is 24.8 Å². The molecule has 1 amide bonds. The van der Waals surface area contributed by atoms with E-state index in [1.165, 1.54) is 24.3 Å². The zero-order valence-electron chi connectivity index (χ0n) is 14.5. The van der Waals surface area contributed by atoms with Gasteiger partial charge in [0.15, 0.2) is 0 Å². The number of rotatable bonds is 5. The predicted octanol–water partition coefficient (Wildman–Crippen LogP) is 3.57. The molecule has 0 bridgehead atoms. The standard InChI is InChI=1S/C21H22F2N2O/c22-17-6-4-14(5-7-17)20-12-24-11-16(20)13-25(19-8-9-19)21(26)15-2-1-3-18(23)10-15/h1-7,10,16,19-20,24H,8-9,11-13H2/t16-,20+/m1/s1. The smallest absolute Gasteiger partial charge is 0.254 e. The third-order valence-corrected chi connectivity index (χ3v) is 5.39. The molecular weight excluding hydrogens is 334 g/mol. The molecule has 5 heteroatoms. The van der Waals surface area contributed by atoms with Gasteiger partial charge in [-0.1, -0.05) is 18.2 Å². The van der Waals surface area contributed by atoms with Crippen LogP contribution in [0, 0.1) is 17.6 Å². The summed E-state index contributed by atoms with van der Waals surface area (Å²) in [5.41, 5.74) is 1.50. The lowest BCUT2D eigenvalue weighted by Gasteiger charge is -2.29. The summed E-state index contributed by atoms with van der Waals surface area (Å²) >= 11 is 0. The molecule has 0 aromatic heterocycles. The molecule has 3 nitrogen and oxygen atoms in total. The molecule has 1 aliphatic heterocycles. The Morgan fingerprint density at radius 1 is 1.04 bits per heavy atom. The van der Waals surface area contributed by atoms with E-state index in [4.69, 9.17) is 0 Å². The number of hydrogen-bond acceptors (Lipinski definition) is 2. The fourth-order valence-corrected chi connectivity index (χ4v) is 3.85. The fourth-order valence-electron chi connectivity index (χ4n) is 3.85. The van der Waals surface area contributed by atoms with Crippen LogP contribution >= 0.6 is 0 Å². The number of hydrogen-bond donors (Lipinski definition) is 1. The van der Waals surface area contributed by atoms with E-state index in [2.05, 4.69) is 5.32 Å². The van der Waals surface area contributed by atoms with Crippen molar-refractivity contribution >= 4 is 5.91 Å². The molecule has 1 aliphatic carbocycles. The maximum Gasteiger partial charge on any atom is 0.254 e. The summed E-state index contributed by atoms with van der Waals surface area (Å²) < 4.78 is 26.7. The van der Waals surface area contributed by atoms with Crippen LogP contribution in [-0.4, -0.2) is 36.5 Å². The van der Waals surface area contributed by atoms with E-state index in [1.54, 1.807) is 12.1 Å². The second-order valence-electron chi connectivity index (χ2n) is 7.28. The number of halogens is 2. The number of nitrogens with one attached hydrogen (secondary N) is 1. The van der Waals surface area contributed by atoms with Crippen LogP contribution in [0.1, 0.15) is 34.7 Å². The van der Waals surface area contributed by atoms with E-state index in [1.807, 2.05) is 17.0 Å². The van der Waals surface area contributed by atoms with Crippen LogP contribution in [0.5, 0.6) is 0 Å². The highest BCUT2D eigenvalue weighted by Crippen LogP contribution is 2.34. The highest BCUT2D eigenvalue weighted by molar-refractivity contribution is 5.94. The SMILES string of the molecule is O=C(c1cccc(F)c1)N(C[C@H]1CNC[C@H]1c1ccc(F)cc1)C1CC1. The largest absolute Gasteiger partial charge is 0.335 e. The Balaban J connectivity index is 1.52. The minimum absolute atomic E-state index is 0.100. The number of carbonyl (C=O) groups is 1. The molecular formula is C21H22F2N2O. The van der Waals surface area contributed by atoms with Crippen LogP contribution in [-0.2, 0) is 0 Å². The van der Waals surface area contributed by atoms with Crippen LogP contribution < -0.4 is 5.32 Å². The molecule has 1 saturated carbocycles. The molecule has 1 saturated heterocycles. The van der Waals surface area contributed by atoms with Gasteiger partial charge in [0.1, 0.15) is 11.6 Å². The maximum absolute atomic E-state index is 13.5. The molecule has 2 aromatic carbocycles. The lowest BCUT2D eigenvalue weighted by Crippen LogP contribution is -2.39. The summed E-state index contributed by atoms with van der Waals surface area (Å²) in [6.45, 7) is 2.28. The average Bonchev–Trinajstić information content (AvgIpc) is 3.38. The van der Waals surface area contributed by atoms with Gasteiger partial charge in [0, 0.05) is 37.2 Å². The third-order valence-electron chi connectivity index (χ3n) is 5.39. The molecule has 0 radical (unpaired) electrons. The number of nitrogens with zero attached hydrogens (tertiary/aromatic N) is 1. The highest BCUT2D eigenvalue weighted by Gasteiger charge is 2.38. The molecule has 4 rings (SSSR count). The van der Waals surface area contributed by atoms with Crippen LogP contribution in [0.15, 0.2) is 48.5 Å². The first-order valence-corrected chi connectivity index (χ1v) is 9.14. The van der Waals surface area contributed by atoms with Gasteiger partial charge in [-0.3, -0.25) is 4.79 Å². The Kier molecular flexibility index (Phi) is 4.72. The molecule has 2 aliphatic rings. The first kappa shape index (κ1) is 17.2. The molecule has 26 heavy (non-hydrogen) atoms. The molecule has 0 unspecified atom stereocenters. The molecule has 2 aromatic rings. The van der Waals surface area contributed by atoms with Gasteiger partial charge in [0.25, 0.3) is 5.91 Å². The fraction of sp³-hybridized carbons (Fsp3) is 0.381. The van der Waals surface area contributed by atoms with Crippen molar-refractivity contribution in [3.8, 4) is 0 Å². The Morgan fingerprint density at radius 3 is 2.50 bits per heavy atom. The molecule has 1 heterocycles. The number of carbonyl (C=O) groups excluding carboxylic acids is 1. The first-order valence-electron chi connectivity index (χ1n) is 9.14. The van der Waals surface area contributed by atoms with Crippen molar-refractivity contribution in [3.63, 3.8) is 0 Å². The van der Waals surface area contributed by atoms with Gasteiger partial charge in [-0.15, -0.1) is 0 Å².